The third kappa shape index (κ3) is 3.49. The Hall–Kier alpha value is -2.15. The van der Waals surface area contributed by atoms with Crippen LogP contribution >= 0.6 is 11.8 Å². The molecule has 0 fully saturated rings. The first-order valence-corrected chi connectivity index (χ1v) is 6.82. The number of amides is 1. The van der Waals surface area contributed by atoms with E-state index in [0.717, 1.165) is 30.0 Å². The van der Waals surface area contributed by atoms with Crippen molar-refractivity contribution in [1.82, 2.24) is 0 Å². The average Bonchev–Trinajstić information content (AvgIpc) is 2.39. The summed E-state index contributed by atoms with van der Waals surface area (Å²) in [5, 5.41) is 0. The fourth-order valence-electron chi connectivity index (χ4n) is 1.71. The van der Waals surface area contributed by atoms with E-state index in [4.69, 9.17) is 11.5 Å². The van der Waals surface area contributed by atoms with Gasteiger partial charge in [0.15, 0.2) is 0 Å². The third-order valence-corrected chi connectivity index (χ3v) is 3.86. The summed E-state index contributed by atoms with van der Waals surface area (Å²) in [6, 6.07) is 5.57. The van der Waals surface area contributed by atoms with Gasteiger partial charge in [-0.3, -0.25) is 4.79 Å². The van der Waals surface area contributed by atoms with Crippen LogP contribution in [-0.4, -0.2) is 5.91 Å². The lowest BCUT2D eigenvalue weighted by atomic mass is 10.1. The van der Waals surface area contributed by atoms with Gasteiger partial charge in [-0.25, -0.2) is 13.2 Å². The maximum atomic E-state index is 13.6. The highest BCUT2D eigenvalue weighted by Crippen LogP contribution is 2.30. The topological polar surface area (TPSA) is 69.1 Å². The molecule has 0 saturated heterocycles. The summed E-state index contributed by atoms with van der Waals surface area (Å²) in [5.41, 5.74) is 10.6. The van der Waals surface area contributed by atoms with Gasteiger partial charge in [-0.1, -0.05) is 0 Å². The fraction of sp³-hybridized carbons (Fsp3) is 0.0714. The SMILES string of the molecule is NC(=O)c1ccc(F)c(CSc2c(F)cc(N)cc2F)c1. The molecule has 4 N–H and O–H groups in total. The molecule has 110 valence electrons. The van der Waals surface area contributed by atoms with E-state index in [-0.39, 0.29) is 27.5 Å². The van der Waals surface area contributed by atoms with Gasteiger partial charge >= 0.3 is 0 Å². The van der Waals surface area contributed by atoms with Crippen molar-refractivity contribution in [3.05, 3.63) is 58.9 Å². The first kappa shape index (κ1) is 15.2. The summed E-state index contributed by atoms with van der Waals surface area (Å²) in [4.78, 5) is 10.8. The second-order valence-corrected chi connectivity index (χ2v) is 5.26. The molecular formula is C14H11F3N2OS. The van der Waals surface area contributed by atoms with Crippen molar-refractivity contribution in [3.63, 3.8) is 0 Å². The minimum atomic E-state index is -0.816. The average molecular weight is 312 g/mol. The van der Waals surface area contributed by atoms with Crippen molar-refractivity contribution < 1.29 is 18.0 Å². The van der Waals surface area contributed by atoms with Crippen LogP contribution in [0.25, 0.3) is 0 Å². The Morgan fingerprint density at radius 2 is 1.67 bits per heavy atom. The van der Waals surface area contributed by atoms with E-state index in [1.807, 2.05) is 0 Å². The summed E-state index contributed by atoms with van der Waals surface area (Å²) < 4.78 is 40.9. The molecule has 3 nitrogen and oxygen atoms in total. The molecular weight excluding hydrogens is 301 g/mol. The maximum Gasteiger partial charge on any atom is 0.248 e. The van der Waals surface area contributed by atoms with Gasteiger partial charge in [0.2, 0.25) is 5.91 Å². The number of primary amides is 1. The van der Waals surface area contributed by atoms with Crippen LogP contribution in [0.2, 0.25) is 0 Å². The van der Waals surface area contributed by atoms with Crippen LogP contribution in [0, 0.1) is 17.5 Å². The van der Waals surface area contributed by atoms with Crippen LogP contribution < -0.4 is 11.5 Å². The second-order valence-electron chi connectivity index (χ2n) is 4.27. The zero-order chi connectivity index (χ0) is 15.6. The van der Waals surface area contributed by atoms with Crippen molar-refractivity contribution in [1.29, 1.82) is 0 Å². The second kappa shape index (κ2) is 6.09. The van der Waals surface area contributed by atoms with Gasteiger partial charge in [0, 0.05) is 17.0 Å². The Kier molecular flexibility index (Phi) is 4.42. The highest BCUT2D eigenvalue weighted by molar-refractivity contribution is 7.98. The molecule has 7 heteroatoms. The summed E-state index contributed by atoms with van der Waals surface area (Å²) in [7, 11) is 0. The van der Waals surface area contributed by atoms with E-state index in [9.17, 15) is 18.0 Å². The van der Waals surface area contributed by atoms with Crippen molar-refractivity contribution in [2.75, 3.05) is 5.73 Å². The van der Waals surface area contributed by atoms with Crippen LogP contribution in [0.1, 0.15) is 15.9 Å². The molecule has 0 aliphatic heterocycles. The first-order chi connectivity index (χ1) is 9.88. The van der Waals surface area contributed by atoms with E-state index in [1.165, 1.54) is 12.1 Å². The van der Waals surface area contributed by atoms with E-state index in [2.05, 4.69) is 0 Å². The lowest BCUT2D eigenvalue weighted by molar-refractivity contribution is 0.1000. The number of carbonyl (C=O) groups excluding carboxylic acids is 1. The smallest absolute Gasteiger partial charge is 0.248 e. The van der Waals surface area contributed by atoms with E-state index >= 15 is 0 Å². The molecule has 0 radical (unpaired) electrons. The number of thioether (sulfide) groups is 1. The molecule has 1 amide bonds. The Labute approximate surface area is 123 Å². The van der Waals surface area contributed by atoms with Gasteiger partial charge in [0.05, 0.1) is 4.90 Å². The minimum Gasteiger partial charge on any atom is -0.399 e. The van der Waals surface area contributed by atoms with Crippen LogP contribution in [-0.2, 0) is 5.75 Å². The lowest BCUT2D eigenvalue weighted by Gasteiger charge is -2.08. The highest BCUT2D eigenvalue weighted by atomic mass is 32.2. The van der Waals surface area contributed by atoms with Crippen LogP contribution in [0.5, 0.6) is 0 Å². The molecule has 0 saturated carbocycles. The number of hydrogen-bond donors (Lipinski definition) is 2. The predicted octanol–water partition coefficient (Wildman–Crippen LogP) is 3.08. The zero-order valence-corrected chi connectivity index (χ0v) is 11.5. The number of halogens is 3. The highest BCUT2D eigenvalue weighted by Gasteiger charge is 2.13. The third-order valence-electron chi connectivity index (χ3n) is 2.72. The Morgan fingerprint density at radius 3 is 2.24 bits per heavy atom. The van der Waals surface area contributed by atoms with Gasteiger partial charge in [-0.05, 0) is 35.9 Å². The monoisotopic (exact) mass is 312 g/mol. The van der Waals surface area contributed by atoms with Gasteiger partial charge in [-0.15, -0.1) is 11.8 Å². The van der Waals surface area contributed by atoms with Gasteiger partial charge in [0.25, 0.3) is 0 Å². The molecule has 0 aliphatic carbocycles. The van der Waals surface area contributed by atoms with Crippen molar-refractivity contribution >= 4 is 23.4 Å². The molecule has 0 spiro atoms. The van der Waals surface area contributed by atoms with Gasteiger partial charge < -0.3 is 11.5 Å². The largest absolute Gasteiger partial charge is 0.399 e. The number of nitrogens with two attached hydrogens (primary N) is 2. The van der Waals surface area contributed by atoms with Crippen LogP contribution in [0.15, 0.2) is 35.2 Å². The summed E-state index contributed by atoms with van der Waals surface area (Å²) >= 11 is 0.772. The molecule has 21 heavy (non-hydrogen) atoms. The van der Waals surface area contributed by atoms with E-state index in [0.29, 0.717) is 0 Å². The van der Waals surface area contributed by atoms with Crippen molar-refractivity contribution in [2.45, 2.75) is 10.6 Å². The Morgan fingerprint density at radius 1 is 1.05 bits per heavy atom. The molecule has 0 heterocycles. The Bertz CT molecular complexity index is 684. The molecule has 0 bridgehead atoms. The quantitative estimate of drug-likeness (QED) is 0.673. The van der Waals surface area contributed by atoms with Crippen molar-refractivity contribution in [2.24, 2.45) is 5.73 Å². The first-order valence-electron chi connectivity index (χ1n) is 5.84. The summed E-state index contributed by atoms with van der Waals surface area (Å²) in [6.45, 7) is 0. The standard InChI is InChI=1S/C14H11F3N2OS/c15-10-2-1-7(14(19)20)3-8(10)6-21-13-11(16)4-9(18)5-12(13)17/h1-5H,6,18H2,(H2,19,20). The number of anilines is 1. The molecule has 0 aliphatic rings. The molecule has 2 aromatic rings. The lowest BCUT2D eigenvalue weighted by Crippen LogP contribution is -2.11. The molecule has 2 aromatic carbocycles. The van der Waals surface area contributed by atoms with Crippen LogP contribution in [0.3, 0.4) is 0 Å². The molecule has 0 aromatic heterocycles. The number of benzene rings is 2. The molecule has 0 atom stereocenters. The normalized spacial score (nSPS) is 10.6. The predicted molar refractivity (Wildman–Crippen MR) is 75.2 cm³/mol. The number of nitrogen functional groups attached to an aromatic ring is 1. The number of carbonyl (C=O) groups is 1. The zero-order valence-electron chi connectivity index (χ0n) is 10.7. The maximum absolute atomic E-state index is 13.6. The minimum absolute atomic E-state index is 0.0312. The van der Waals surface area contributed by atoms with E-state index < -0.39 is 23.4 Å². The van der Waals surface area contributed by atoms with Gasteiger partial charge in [0.1, 0.15) is 17.5 Å². The summed E-state index contributed by atoms with van der Waals surface area (Å²) in [6.07, 6.45) is 0. The Balaban J connectivity index is 2.24. The van der Waals surface area contributed by atoms with Crippen molar-refractivity contribution in [3.8, 4) is 0 Å². The van der Waals surface area contributed by atoms with Gasteiger partial charge in [-0.2, -0.15) is 0 Å². The summed E-state index contributed by atoms with van der Waals surface area (Å²) in [5.74, 6) is -2.96. The number of rotatable bonds is 4. The van der Waals surface area contributed by atoms with E-state index in [1.54, 1.807) is 0 Å². The van der Waals surface area contributed by atoms with Crippen LogP contribution in [0.4, 0.5) is 18.9 Å². The molecule has 0 unspecified atom stereocenters. The fourth-order valence-corrected chi connectivity index (χ4v) is 2.62. The molecule has 2 rings (SSSR count). The number of hydrogen-bond acceptors (Lipinski definition) is 3.